The maximum atomic E-state index is 12.7. The van der Waals surface area contributed by atoms with Gasteiger partial charge in [-0.05, 0) is 51.4 Å². The predicted molar refractivity (Wildman–Crippen MR) is 244 cm³/mol. The average Bonchev–Trinajstić information content (AvgIpc) is 3.25. The van der Waals surface area contributed by atoms with Crippen LogP contribution in [0.5, 0.6) is 0 Å². The van der Waals surface area contributed by atoms with Crippen molar-refractivity contribution in [1.82, 2.24) is 16.0 Å². The minimum absolute atomic E-state index is 0.217. The minimum atomic E-state index is -1.55. The predicted octanol–water partition coefficient (Wildman–Crippen LogP) is 5.30. The van der Waals surface area contributed by atoms with Gasteiger partial charge < -0.3 is 47.2 Å². The number of hydrogen-bond acceptors (Lipinski definition) is 11. The Bertz CT molecular complexity index is 1590. The van der Waals surface area contributed by atoms with Crippen molar-refractivity contribution in [2.45, 2.75) is 205 Å². The van der Waals surface area contributed by atoms with Gasteiger partial charge in [0.05, 0.1) is 11.8 Å². The van der Waals surface area contributed by atoms with Gasteiger partial charge in [0.1, 0.15) is 23.7 Å². The van der Waals surface area contributed by atoms with Gasteiger partial charge in [0, 0.05) is 63.8 Å². The fourth-order valence-corrected chi connectivity index (χ4v) is 7.37. The number of carbonyl (C=O) groups excluding carboxylic acids is 6. The van der Waals surface area contributed by atoms with Crippen LogP contribution in [0.2, 0.25) is 0 Å². The highest BCUT2D eigenvalue weighted by atomic mass is 16.4. The first-order valence-corrected chi connectivity index (χ1v) is 24.0. The molecule has 5 atom stereocenters. The highest BCUT2D eigenvalue weighted by molar-refractivity contribution is 5.88. The Morgan fingerprint density at radius 1 is 0.403 bits per heavy atom. The van der Waals surface area contributed by atoms with Crippen molar-refractivity contribution in [2.24, 2.45) is 23.5 Å². The number of carbonyl (C=O) groups is 11. The number of primary amides is 1. The van der Waals surface area contributed by atoms with Gasteiger partial charge in [-0.15, -0.1) is 0 Å². The summed E-state index contributed by atoms with van der Waals surface area (Å²) in [5.41, 5.74) is 5.22. The molecule has 0 aromatic carbocycles. The first kappa shape index (κ1) is 61.6. The maximum absolute atomic E-state index is 12.7. The zero-order chi connectivity index (χ0) is 50.6. The molecular formula is C47H78N4O16. The standard InChI is InChI=1S/C47H78N4O16/c1-32(43(48)59)18-16-17-29-49-39(54)28-25-38(47(66)67)51-41(56)27-22-34(45(62)63)31-36(53)23-24-37(46(64)65)50-40(55)26-21-33(44(60)61)30-35(52)19-14-12-10-8-6-4-2-3-5-7-9-11-13-15-20-42(57)58/h32-34,37-38H,2-31H2,1H3,(H2,48,59)(H,49,54)(H,50,55)(H,51,56)(H,57,58)(H,60,61)(H,62,63)(H,64,65)(H,66,67)/t32-,33+,34+,37-,38-/m0/s1. The summed E-state index contributed by atoms with van der Waals surface area (Å²) in [4.78, 5) is 132. The van der Waals surface area contributed by atoms with E-state index in [-0.39, 0.29) is 56.6 Å². The van der Waals surface area contributed by atoms with Crippen LogP contribution in [0.25, 0.3) is 0 Å². The number of hydrogen-bond donors (Lipinski definition) is 9. The summed E-state index contributed by atoms with van der Waals surface area (Å²) in [5.74, 6) is -12.5. The van der Waals surface area contributed by atoms with E-state index in [1.807, 2.05) is 0 Å². The van der Waals surface area contributed by atoms with Gasteiger partial charge in [0.25, 0.3) is 0 Å². The fourth-order valence-electron chi connectivity index (χ4n) is 7.37. The summed E-state index contributed by atoms with van der Waals surface area (Å²) in [5, 5.41) is 54.3. The SMILES string of the molecule is C[C@@H](CCCCNC(=O)CC[C@H](NC(=O)CC[C@H](CC(=O)CC[C@H](NC(=O)CC[C@H](CC(=O)CCCCCCCCCCCCCCCCC(=O)O)C(=O)O)C(=O)O)C(=O)O)C(=O)O)C(N)=O. The number of aliphatic carboxylic acids is 5. The molecule has 0 heterocycles. The summed E-state index contributed by atoms with van der Waals surface area (Å²) >= 11 is 0. The lowest BCUT2D eigenvalue weighted by Gasteiger charge is -2.17. The molecule has 0 radical (unpaired) electrons. The van der Waals surface area contributed by atoms with E-state index in [4.69, 9.17) is 10.8 Å². The van der Waals surface area contributed by atoms with Crippen LogP contribution in [0.1, 0.15) is 193 Å². The normalized spacial score (nSPS) is 13.3. The van der Waals surface area contributed by atoms with Crippen molar-refractivity contribution in [3.8, 4) is 0 Å². The Morgan fingerprint density at radius 2 is 0.776 bits per heavy atom. The number of carboxylic acids is 5. The van der Waals surface area contributed by atoms with Crippen LogP contribution < -0.4 is 21.7 Å². The molecular weight excluding hydrogens is 877 g/mol. The van der Waals surface area contributed by atoms with Gasteiger partial charge in [0.15, 0.2) is 0 Å². The van der Waals surface area contributed by atoms with Crippen molar-refractivity contribution in [2.75, 3.05) is 6.54 Å². The third-order valence-electron chi connectivity index (χ3n) is 11.7. The molecule has 0 unspecified atom stereocenters. The van der Waals surface area contributed by atoms with Crippen molar-refractivity contribution in [3.05, 3.63) is 0 Å². The van der Waals surface area contributed by atoms with Crippen molar-refractivity contribution >= 4 is 65.0 Å². The lowest BCUT2D eigenvalue weighted by Crippen LogP contribution is -2.42. The Balaban J connectivity index is 4.56. The average molecular weight is 955 g/mol. The first-order valence-electron chi connectivity index (χ1n) is 24.0. The molecule has 0 rings (SSSR count). The van der Waals surface area contributed by atoms with Gasteiger partial charge in [-0.3, -0.25) is 43.2 Å². The van der Waals surface area contributed by atoms with E-state index in [2.05, 4.69) is 16.0 Å². The molecule has 0 spiro atoms. The van der Waals surface area contributed by atoms with E-state index in [0.29, 0.717) is 32.2 Å². The zero-order valence-corrected chi connectivity index (χ0v) is 39.4. The molecule has 0 aliphatic heterocycles. The van der Waals surface area contributed by atoms with E-state index in [1.54, 1.807) is 6.92 Å². The molecule has 4 amide bonds. The molecule has 10 N–H and O–H groups in total. The van der Waals surface area contributed by atoms with Crippen LogP contribution in [0.15, 0.2) is 0 Å². The van der Waals surface area contributed by atoms with Crippen LogP contribution in [0.3, 0.4) is 0 Å². The van der Waals surface area contributed by atoms with Gasteiger partial charge >= 0.3 is 29.8 Å². The smallest absolute Gasteiger partial charge is 0.326 e. The minimum Gasteiger partial charge on any atom is -0.481 e. The van der Waals surface area contributed by atoms with Crippen LogP contribution in [-0.2, 0) is 52.7 Å². The Labute approximate surface area is 393 Å². The monoisotopic (exact) mass is 955 g/mol. The first-order chi connectivity index (χ1) is 31.7. The second-order valence-electron chi connectivity index (χ2n) is 17.6. The van der Waals surface area contributed by atoms with Crippen molar-refractivity contribution in [1.29, 1.82) is 0 Å². The number of nitrogens with two attached hydrogens (primary N) is 1. The lowest BCUT2D eigenvalue weighted by molar-refractivity contribution is -0.145. The van der Waals surface area contributed by atoms with Crippen LogP contribution >= 0.6 is 0 Å². The second kappa shape index (κ2) is 37.6. The Kier molecular flexibility index (Phi) is 34.6. The quantitative estimate of drug-likeness (QED) is 0.0350. The van der Waals surface area contributed by atoms with Gasteiger partial charge in [-0.25, -0.2) is 9.59 Å². The molecule has 0 aliphatic carbocycles. The van der Waals surface area contributed by atoms with Crippen molar-refractivity contribution < 1.29 is 78.3 Å². The zero-order valence-electron chi connectivity index (χ0n) is 39.4. The number of carboxylic acid groups (broad SMARTS) is 5. The van der Waals surface area contributed by atoms with Gasteiger partial charge in [-0.1, -0.05) is 90.4 Å². The largest absolute Gasteiger partial charge is 0.481 e. The third-order valence-corrected chi connectivity index (χ3v) is 11.7. The van der Waals surface area contributed by atoms with Crippen LogP contribution in [0, 0.1) is 17.8 Å². The lowest BCUT2D eigenvalue weighted by atomic mass is 9.94. The topological polar surface area (TPSA) is 351 Å². The molecule has 0 aliphatic rings. The molecule has 20 nitrogen and oxygen atoms in total. The molecule has 67 heavy (non-hydrogen) atoms. The third kappa shape index (κ3) is 34.5. The maximum Gasteiger partial charge on any atom is 0.326 e. The highest BCUT2D eigenvalue weighted by Gasteiger charge is 2.28. The van der Waals surface area contributed by atoms with E-state index in [1.165, 1.54) is 25.7 Å². The highest BCUT2D eigenvalue weighted by Crippen LogP contribution is 2.19. The number of nitrogens with one attached hydrogen (secondary N) is 3. The molecule has 0 aromatic heterocycles. The van der Waals surface area contributed by atoms with Gasteiger partial charge in [-0.2, -0.15) is 0 Å². The Hall–Kier alpha value is -5.43. The molecule has 0 fully saturated rings. The van der Waals surface area contributed by atoms with Crippen molar-refractivity contribution in [3.63, 3.8) is 0 Å². The molecule has 20 heteroatoms. The number of amides is 4. The molecule has 0 saturated carbocycles. The van der Waals surface area contributed by atoms with E-state index in [0.717, 1.165) is 57.8 Å². The molecule has 382 valence electrons. The summed E-state index contributed by atoms with van der Waals surface area (Å²) in [7, 11) is 0. The number of Topliss-reactive ketones (excluding diaryl/α,β-unsaturated/α-hetero) is 2. The van der Waals surface area contributed by atoms with Crippen LogP contribution in [0.4, 0.5) is 0 Å². The summed E-state index contributed by atoms with van der Waals surface area (Å²) in [6.45, 7) is 1.99. The Morgan fingerprint density at radius 3 is 1.16 bits per heavy atom. The molecule has 0 saturated heterocycles. The van der Waals surface area contributed by atoms with E-state index < -0.39 is 115 Å². The van der Waals surface area contributed by atoms with E-state index in [9.17, 15) is 73.2 Å². The molecule has 0 aromatic rings. The summed E-state index contributed by atoms with van der Waals surface area (Å²) < 4.78 is 0. The summed E-state index contributed by atoms with van der Waals surface area (Å²) in [6, 6.07) is -3.00. The summed E-state index contributed by atoms with van der Waals surface area (Å²) in [6.07, 6.45) is 13.0. The van der Waals surface area contributed by atoms with Crippen LogP contribution in [-0.4, -0.2) is 109 Å². The number of rotatable bonds is 45. The van der Waals surface area contributed by atoms with E-state index >= 15 is 0 Å². The number of unbranched alkanes of at least 4 members (excludes halogenated alkanes) is 14. The second-order valence-corrected chi connectivity index (χ2v) is 17.6. The fraction of sp³-hybridized carbons (Fsp3) is 0.766. The molecule has 0 bridgehead atoms. The van der Waals surface area contributed by atoms with Gasteiger partial charge in [0.2, 0.25) is 23.6 Å². The number of ketones is 2.